The minimum atomic E-state index is 0.123. The van der Waals surface area contributed by atoms with Crippen molar-refractivity contribution in [1.82, 2.24) is 20.1 Å². The van der Waals surface area contributed by atoms with Crippen molar-refractivity contribution >= 4 is 23.2 Å². The van der Waals surface area contributed by atoms with Gasteiger partial charge in [0.2, 0.25) is 5.91 Å². The highest BCUT2D eigenvalue weighted by atomic mass is 32.1. The first-order valence-corrected chi connectivity index (χ1v) is 9.07. The van der Waals surface area contributed by atoms with Crippen LogP contribution in [0.3, 0.4) is 0 Å². The first-order chi connectivity index (χ1) is 11.0. The fourth-order valence-corrected chi connectivity index (χ4v) is 2.87. The molecule has 1 aromatic rings. The van der Waals surface area contributed by atoms with E-state index in [0.717, 1.165) is 42.7 Å². The second-order valence-electron chi connectivity index (χ2n) is 5.27. The predicted octanol–water partition coefficient (Wildman–Crippen LogP) is 1.76. The van der Waals surface area contributed by atoms with E-state index in [4.69, 9.17) is 0 Å². The molecule has 0 aromatic carbocycles. The molecule has 0 aliphatic rings. The minimum Gasteiger partial charge on any atom is -0.357 e. The van der Waals surface area contributed by atoms with Crippen LogP contribution in [0.1, 0.15) is 31.5 Å². The topological polar surface area (TPSA) is 60.8 Å². The lowest BCUT2D eigenvalue weighted by molar-refractivity contribution is -0.131. The molecule has 0 spiro atoms. The highest BCUT2D eigenvalue weighted by Crippen LogP contribution is 2.08. The van der Waals surface area contributed by atoms with Gasteiger partial charge in [-0.2, -0.15) is 0 Å². The van der Waals surface area contributed by atoms with Crippen molar-refractivity contribution < 1.29 is 4.79 Å². The quantitative estimate of drug-likeness (QED) is 0.579. The molecule has 1 heterocycles. The number of aliphatic imine (C=N–C) groups is 1. The lowest BCUT2D eigenvalue weighted by Crippen LogP contribution is -2.45. The SMILES string of the molecule is CCNC(=NCCc1csc(C)n1)N(C)CC(=O)N(CC)CC. The number of hydrogen-bond acceptors (Lipinski definition) is 4. The molecule has 0 fully saturated rings. The van der Waals surface area contributed by atoms with Crippen molar-refractivity contribution in [2.75, 3.05) is 39.8 Å². The van der Waals surface area contributed by atoms with Crippen molar-refractivity contribution in [1.29, 1.82) is 0 Å². The van der Waals surface area contributed by atoms with E-state index in [9.17, 15) is 4.79 Å². The summed E-state index contributed by atoms with van der Waals surface area (Å²) in [6, 6.07) is 0. The maximum Gasteiger partial charge on any atom is 0.242 e. The fourth-order valence-electron chi connectivity index (χ4n) is 2.22. The Hall–Kier alpha value is -1.63. The Morgan fingerprint density at radius 1 is 1.35 bits per heavy atom. The Morgan fingerprint density at radius 3 is 2.57 bits per heavy atom. The number of rotatable bonds is 8. The van der Waals surface area contributed by atoms with Gasteiger partial charge in [-0.3, -0.25) is 9.79 Å². The molecule has 7 heteroatoms. The van der Waals surface area contributed by atoms with E-state index in [1.54, 1.807) is 11.3 Å². The van der Waals surface area contributed by atoms with Crippen LogP contribution in [-0.2, 0) is 11.2 Å². The summed E-state index contributed by atoms with van der Waals surface area (Å²) in [5.74, 6) is 0.887. The van der Waals surface area contributed by atoms with Crippen LogP contribution in [0.25, 0.3) is 0 Å². The number of amides is 1. The zero-order chi connectivity index (χ0) is 17.2. The minimum absolute atomic E-state index is 0.123. The number of carbonyl (C=O) groups excluding carboxylic acids is 1. The monoisotopic (exact) mass is 339 g/mol. The highest BCUT2D eigenvalue weighted by molar-refractivity contribution is 7.09. The van der Waals surface area contributed by atoms with Gasteiger partial charge in [0.1, 0.15) is 0 Å². The second-order valence-corrected chi connectivity index (χ2v) is 6.33. The fraction of sp³-hybridized carbons (Fsp3) is 0.688. The first kappa shape index (κ1) is 19.4. The summed E-state index contributed by atoms with van der Waals surface area (Å²) in [6.45, 7) is 11.3. The maximum absolute atomic E-state index is 12.2. The zero-order valence-electron chi connectivity index (χ0n) is 14.9. The molecule has 1 amide bonds. The maximum atomic E-state index is 12.2. The predicted molar refractivity (Wildman–Crippen MR) is 97.1 cm³/mol. The first-order valence-electron chi connectivity index (χ1n) is 8.19. The van der Waals surface area contributed by atoms with E-state index < -0.39 is 0 Å². The van der Waals surface area contributed by atoms with Gasteiger partial charge in [-0.25, -0.2) is 4.98 Å². The van der Waals surface area contributed by atoms with Crippen molar-refractivity contribution in [2.24, 2.45) is 4.99 Å². The third-order valence-corrected chi connectivity index (χ3v) is 4.30. The van der Waals surface area contributed by atoms with Crippen LogP contribution in [0.4, 0.5) is 0 Å². The summed E-state index contributed by atoms with van der Waals surface area (Å²) in [4.78, 5) is 25.0. The van der Waals surface area contributed by atoms with E-state index in [1.807, 2.05) is 44.5 Å². The third kappa shape index (κ3) is 6.56. The number of nitrogens with zero attached hydrogens (tertiary/aromatic N) is 4. The average Bonchev–Trinajstić information content (AvgIpc) is 2.93. The van der Waals surface area contributed by atoms with Crippen LogP contribution in [0.2, 0.25) is 0 Å². The molecule has 6 nitrogen and oxygen atoms in total. The van der Waals surface area contributed by atoms with Gasteiger partial charge in [-0.1, -0.05) is 0 Å². The molecule has 0 atom stereocenters. The van der Waals surface area contributed by atoms with Crippen LogP contribution in [0.5, 0.6) is 0 Å². The number of carbonyl (C=O) groups is 1. The van der Waals surface area contributed by atoms with Crippen molar-refractivity contribution in [2.45, 2.75) is 34.1 Å². The summed E-state index contributed by atoms with van der Waals surface area (Å²) in [7, 11) is 1.90. The van der Waals surface area contributed by atoms with Gasteiger partial charge in [0, 0.05) is 45.0 Å². The summed E-state index contributed by atoms with van der Waals surface area (Å²) in [6.07, 6.45) is 0.817. The van der Waals surface area contributed by atoms with Crippen molar-refractivity contribution in [3.8, 4) is 0 Å². The smallest absolute Gasteiger partial charge is 0.242 e. The zero-order valence-corrected chi connectivity index (χ0v) is 15.7. The van der Waals surface area contributed by atoms with E-state index in [-0.39, 0.29) is 5.91 Å². The van der Waals surface area contributed by atoms with Gasteiger partial charge < -0.3 is 15.1 Å². The van der Waals surface area contributed by atoms with Crippen LogP contribution in [0.15, 0.2) is 10.4 Å². The van der Waals surface area contributed by atoms with Crippen molar-refractivity contribution in [3.63, 3.8) is 0 Å². The molecular formula is C16H29N5OS. The lowest BCUT2D eigenvalue weighted by atomic mass is 10.3. The van der Waals surface area contributed by atoms with Gasteiger partial charge >= 0.3 is 0 Å². The van der Waals surface area contributed by atoms with E-state index in [1.165, 1.54) is 0 Å². The molecule has 0 unspecified atom stereocenters. The summed E-state index contributed by atoms with van der Waals surface area (Å²) >= 11 is 1.66. The third-order valence-electron chi connectivity index (χ3n) is 3.48. The molecule has 0 radical (unpaired) electrons. The largest absolute Gasteiger partial charge is 0.357 e. The van der Waals surface area contributed by atoms with Gasteiger partial charge in [0.25, 0.3) is 0 Å². The summed E-state index contributed by atoms with van der Waals surface area (Å²) < 4.78 is 0. The number of aromatic nitrogens is 1. The Labute approximate surface area is 143 Å². The lowest BCUT2D eigenvalue weighted by Gasteiger charge is -2.25. The highest BCUT2D eigenvalue weighted by Gasteiger charge is 2.14. The molecule has 130 valence electrons. The number of guanidine groups is 1. The number of hydrogen-bond donors (Lipinski definition) is 1. The molecule has 0 saturated carbocycles. The number of thiazole rings is 1. The molecule has 0 saturated heterocycles. The molecule has 23 heavy (non-hydrogen) atoms. The standard InChI is InChI=1S/C16H29N5OS/c1-6-17-16(18-10-9-14-12-23-13(4)19-14)20(5)11-15(22)21(7-2)8-3/h12H,6-11H2,1-5H3,(H,17,18). The molecular weight excluding hydrogens is 310 g/mol. The normalized spacial score (nSPS) is 11.4. The Morgan fingerprint density at radius 2 is 2.04 bits per heavy atom. The number of likely N-dealkylation sites (N-methyl/N-ethyl adjacent to an activating group) is 2. The molecule has 0 aliphatic carbocycles. The van der Waals surface area contributed by atoms with E-state index >= 15 is 0 Å². The van der Waals surface area contributed by atoms with E-state index in [2.05, 4.69) is 20.7 Å². The van der Waals surface area contributed by atoms with Crippen LogP contribution in [0, 0.1) is 6.92 Å². The Kier molecular flexibility index (Phi) is 8.61. The molecule has 1 N–H and O–H groups in total. The summed E-state index contributed by atoms with van der Waals surface area (Å²) in [5, 5.41) is 6.40. The Balaban J connectivity index is 2.60. The van der Waals surface area contributed by atoms with E-state index in [0.29, 0.717) is 13.1 Å². The summed E-state index contributed by atoms with van der Waals surface area (Å²) in [5.41, 5.74) is 1.08. The number of nitrogens with one attached hydrogen (secondary N) is 1. The van der Waals surface area contributed by atoms with Crippen LogP contribution >= 0.6 is 11.3 Å². The molecule has 1 aromatic heterocycles. The number of aryl methyl sites for hydroxylation is 1. The van der Waals surface area contributed by atoms with Gasteiger partial charge in [0.15, 0.2) is 5.96 Å². The van der Waals surface area contributed by atoms with Crippen molar-refractivity contribution in [3.05, 3.63) is 16.1 Å². The van der Waals surface area contributed by atoms with Crippen LogP contribution < -0.4 is 5.32 Å². The van der Waals surface area contributed by atoms with Gasteiger partial charge in [-0.05, 0) is 27.7 Å². The molecule has 0 bridgehead atoms. The van der Waals surface area contributed by atoms with Gasteiger partial charge in [-0.15, -0.1) is 11.3 Å². The molecule has 0 aliphatic heterocycles. The molecule has 1 rings (SSSR count). The second kappa shape index (κ2) is 10.2. The Bertz CT molecular complexity index is 510. The average molecular weight is 340 g/mol. The van der Waals surface area contributed by atoms with Gasteiger partial charge in [0.05, 0.1) is 17.2 Å². The van der Waals surface area contributed by atoms with Crippen LogP contribution in [-0.4, -0.2) is 66.4 Å².